The Kier molecular flexibility index (Phi) is 5.35. The Morgan fingerprint density at radius 1 is 1.29 bits per heavy atom. The van der Waals surface area contributed by atoms with Crippen LogP contribution in [0, 0.1) is 5.92 Å². The Balaban J connectivity index is 1.61. The van der Waals surface area contributed by atoms with Crippen molar-refractivity contribution < 1.29 is 19.1 Å². The van der Waals surface area contributed by atoms with E-state index in [9.17, 15) is 9.59 Å². The first-order chi connectivity index (χ1) is 11.6. The van der Waals surface area contributed by atoms with Crippen LogP contribution in [-0.2, 0) is 9.53 Å². The molecule has 0 spiro atoms. The molecule has 2 heterocycles. The number of piperidine rings is 1. The van der Waals surface area contributed by atoms with Gasteiger partial charge < -0.3 is 20.1 Å². The van der Waals surface area contributed by atoms with Gasteiger partial charge in [0.25, 0.3) is 5.91 Å². The summed E-state index contributed by atoms with van der Waals surface area (Å²) in [5.74, 6) is 0.00567. The second-order valence-corrected chi connectivity index (χ2v) is 6.47. The molecule has 0 saturated carbocycles. The van der Waals surface area contributed by atoms with Gasteiger partial charge in [-0.25, -0.2) is 0 Å². The van der Waals surface area contributed by atoms with E-state index in [1.165, 1.54) is 0 Å². The predicted molar refractivity (Wildman–Crippen MR) is 88.7 cm³/mol. The van der Waals surface area contributed by atoms with Gasteiger partial charge in [-0.3, -0.25) is 9.59 Å². The summed E-state index contributed by atoms with van der Waals surface area (Å²) < 4.78 is 11.3. The van der Waals surface area contributed by atoms with Crippen LogP contribution < -0.4 is 10.5 Å². The summed E-state index contributed by atoms with van der Waals surface area (Å²) in [7, 11) is 0. The van der Waals surface area contributed by atoms with Crippen LogP contribution in [0.3, 0.4) is 0 Å². The largest absolute Gasteiger partial charge is 0.491 e. The number of hydrogen-bond acceptors (Lipinski definition) is 4. The fourth-order valence-electron chi connectivity index (χ4n) is 3.26. The molecule has 0 radical (unpaired) electrons. The Morgan fingerprint density at radius 2 is 2.17 bits per heavy atom. The van der Waals surface area contributed by atoms with E-state index in [-0.39, 0.29) is 23.8 Å². The standard InChI is InChI=1S/C18H24N2O4/c19-17(21)14-5-2-8-20(11-14)18(22)13-4-1-6-15(10-13)24-12-16-7-3-9-23-16/h1,4,6,10,14,16H,2-3,5,7-9,11-12H2,(H2,19,21). The maximum absolute atomic E-state index is 12.7. The average molecular weight is 332 g/mol. The van der Waals surface area contributed by atoms with Crippen molar-refractivity contribution in [2.24, 2.45) is 11.7 Å². The molecule has 2 aliphatic rings. The number of primary amides is 1. The lowest BCUT2D eigenvalue weighted by Gasteiger charge is -2.31. The van der Waals surface area contributed by atoms with E-state index >= 15 is 0 Å². The van der Waals surface area contributed by atoms with Crippen molar-refractivity contribution in [1.29, 1.82) is 0 Å². The zero-order valence-corrected chi connectivity index (χ0v) is 13.8. The Morgan fingerprint density at radius 3 is 2.92 bits per heavy atom. The number of carbonyl (C=O) groups excluding carboxylic acids is 2. The molecule has 0 aromatic heterocycles. The molecule has 2 amide bonds. The molecule has 0 bridgehead atoms. The van der Waals surface area contributed by atoms with Crippen molar-refractivity contribution in [2.45, 2.75) is 31.8 Å². The molecule has 0 aliphatic carbocycles. The third-order valence-electron chi connectivity index (χ3n) is 4.65. The van der Waals surface area contributed by atoms with Crippen LogP contribution in [0.1, 0.15) is 36.0 Å². The Bertz CT molecular complexity index is 598. The fourth-order valence-corrected chi connectivity index (χ4v) is 3.26. The zero-order valence-electron chi connectivity index (χ0n) is 13.8. The molecule has 130 valence electrons. The number of likely N-dealkylation sites (tertiary alicyclic amines) is 1. The van der Waals surface area contributed by atoms with Crippen molar-refractivity contribution in [3.05, 3.63) is 29.8 Å². The van der Waals surface area contributed by atoms with E-state index in [1.54, 1.807) is 17.0 Å². The first-order valence-electron chi connectivity index (χ1n) is 8.56. The van der Waals surface area contributed by atoms with E-state index in [1.807, 2.05) is 12.1 Å². The molecular formula is C18H24N2O4. The summed E-state index contributed by atoms with van der Waals surface area (Å²) >= 11 is 0. The minimum Gasteiger partial charge on any atom is -0.491 e. The molecule has 2 unspecified atom stereocenters. The van der Waals surface area contributed by atoms with Crippen LogP contribution >= 0.6 is 0 Å². The van der Waals surface area contributed by atoms with E-state index in [0.29, 0.717) is 31.0 Å². The Hall–Kier alpha value is -2.08. The van der Waals surface area contributed by atoms with Gasteiger partial charge in [-0.15, -0.1) is 0 Å². The Labute approximate surface area is 141 Å². The summed E-state index contributed by atoms with van der Waals surface area (Å²) in [6.45, 7) is 2.35. The molecule has 2 aliphatic heterocycles. The van der Waals surface area contributed by atoms with Crippen LogP contribution in [0.25, 0.3) is 0 Å². The molecule has 2 atom stereocenters. The second-order valence-electron chi connectivity index (χ2n) is 6.47. The topological polar surface area (TPSA) is 81.9 Å². The highest BCUT2D eigenvalue weighted by molar-refractivity contribution is 5.95. The van der Waals surface area contributed by atoms with Crippen molar-refractivity contribution in [3.63, 3.8) is 0 Å². The number of nitrogens with zero attached hydrogens (tertiary/aromatic N) is 1. The third-order valence-corrected chi connectivity index (χ3v) is 4.65. The van der Waals surface area contributed by atoms with Crippen LogP contribution in [0.4, 0.5) is 0 Å². The van der Waals surface area contributed by atoms with Gasteiger partial charge >= 0.3 is 0 Å². The molecule has 1 aromatic rings. The minimum absolute atomic E-state index is 0.0801. The highest BCUT2D eigenvalue weighted by Gasteiger charge is 2.27. The van der Waals surface area contributed by atoms with Crippen molar-refractivity contribution in [3.8, 4) is 5.75 Å². The van der Waals surface area contributed by atoms with Crippen LogP contribution in [0.15, 0.2) is 24.3 Å². The molecule has 2 fully saturated rings. The lowest BCUT2D eigenvalue weighted by molar-refractivity contribution is -0.123. The number of amides is 2. The first kappa shape index (κ1) is 16.8. The number of nitrogens with two attached hydrogens (primary N) is 1. The van der Waals surface area contributed by atoms with E-state index < -0.39 is 0 Å². The first-order valence-corrected chi connectivity index (χ1v) is 8.56. The number of benzene rings is 1. The summed E-state index contributed by atoms with van der Waals surface area (Å²) in [6.07, 6.45) is 3.78. The van der Waals surface area contributed by atoms with Crippen molar-refractivity contribution in [1.82, 2.24) is 4.90 Å². The second kappa shape index (κ2) is 7.66. The highest BCUT2D eigenvalue weighted by atomic mass is 16.5. The molecule has 24 heavy (non-hydrogen) atoms. The maximum atomic E-state index is 12.7. The van der Waals surface area contributed by atoms with Crippen molar-refractivity contribution in [2.75, 3.05) is 26.3 Å². The van der Waals surface area contributed by atoms with Gasteiger partial charge in [0.05, 0.1) is 12.0 Å². The molecule has 6 heteroatoms. The van der Waals surface area contributed by atoms with Gasteiger partial charge in [0.15, 0.2) is 0 Å². The highest BCUT2D eigenvalue weighted by Crippen LogP contribution is 2.21. The summed E-state index contributed by atoms with van der Waals surface area (Å²) in [4.78, 5) is 25.8. The summed E-state index contributed by atoms with van der Waals surface area (Å²) in [5, 5.41) is 0. The number of ether oxygens (including phenoxy) is 2. The normalized spacial score (nSPS) is 23.9. The summed E-state index contributed by atoms with van der Waals surface area (Å²) in [5.41, 5.74) is 5.96. The van der Waals surface area contributed by atoms with Gasteiger partial charge in [-0.1, -0.05) is 6.07 Å². The SMILES string of the molecule is NC(=O)C1CCCN(C(=O)c2cccc(OCC3CCCO3)c2)C1. The van der Waals surface area contributed by atoms with E-state index in [0.717, 1.165) is 32.3 Å². The van der Waals surface area contributed by atoms with Crippen LogP contribution in [0.5, 0.6) is 5.75 Å². The van der Waals surface area contributed by atoms with E-state index in [4.69, 9.17) is 15.2 Å². The van der Waals surface area contributed by atoms with Crippen LogP contribution in [0.2, 0.25) is 0 Å². The quantitative estimate of drug-likeness (QED) is 0.887. The smallest absolute Gasteiger partial charge is 0.254 e. The number of carbonyl (C=O) groups is 2. The average Bonchev–Trinajstić information content (AvgIpc) is 3.13. The molecule has 2 saturated heterocycles. The van der Waals surface area contributed by atoms with Gasteiger partial charge in [0.2, 0.25) is 5.91 Å². The lowest BCUT2D eigenvalue weighted by atomic mass is 9.97. The molecule has 3 rings (SSSR count). The fraction of sp³-hybridized carbons (Fsp3) is 0.556. The predicted octanol–water partition coefficient (Wildman–Crippen LogP) is 1.58. The van der Waals surface area contributed by atoms with Crippen LogP contribution in [-0.4, -0.2) is 49.1 Å². The van der Waals surface area contributed by atoms with Gasteiger partial charge in [0.1, 0.15) is 12.4 Å². The third kappa shape index (κ3) is 4.06. The molecule has 1 aromatic carbocycles. The van der Waals surface area contributed by atoms with Gasteiger partial charge in [-0.05, 0) is 43.9 Å². The van der Waals surface area contributed by atoms with Crippen molar-refractivity contribution >= 4 is 11.8 Å². The minimum atomic E-state index is -0.332. The monoisotopic (exact) mass is 332 g/mol. The van der Waals surface area contributed by atoms with Gasteiger partial charge in [0, 0.05) is 25.3 Å². The zero-order chi connectivity index (χ0) is 16.9. The maximum Gasteiger partial charge on any atom is 0.254 e. The number of hydrogen-bond donors (Lipinski definition) is 1. The molecular weight excluding hydrogens is 308 g/mol. The number of rotatable bonds is 5. The molecule has 6 nitrogen and oxygen atoms in total. The van der Waals surface area contributed by atoms with Gasteiger partial charge in [-0.2, -0.15) is 0 Å². The summed E-state index contributed by atoms with van der Waals surface area (Å²) in [6, 6.07) is 7.18. The van der Waals surface area contributed by atoms with E-state index in [2.05, 4.69) is 0 Å². The molecule has 2 N–H and O–H groups in total. The lowest BCUT2D eigenvalue weighted by Crippen LogP contribution is -2.44.